The van der Waals surface area contributed by atoms with Gasteiger partial charge in [0, 0.05) is 16.5 Å². The molecule has 0 aliphatic rings. The first-order chi connectivity index (χ1) is 8.33. The molecule has 0 unspecified atom stereocenters. The van der Waals surface area contributed by atoms with Crippen molar-refractivity contribution in [3.05, 3.63) is 46.5 Å². The maximum atomic E-state index is 8.19. The van der Waals surface area contributed by atoms with E-state index >= 15 is 0 Å². The molecule has 1 aromatic carbocycles. The van der Waals surface area contributed by atoms with Crippen LogP contribution in [0.3, 0.4) is 0 Å². The third kappa shape index (κ3) is 2.56. The smallest absolute Gasteiger partial charge is 0.143 e. The molecule has 6 nitrogen and oxygen atoms in total. The number of hydrogen-bond acceptors (Lipinski definition) is 4. The normalized spacial score (nSPS) is 9.71. The molecule has 0 saturated heterocycles. The van der Waals surface area contributed by atoms with E-state index in [-0.39, 0.29) is 6.54 Å². The van der Waals surface area contributed by atoms with Crippen LogP contribution in [0.2, 0.25) is 0 Å². The van der Waals surface area contributed by atoms with E-state index in [1.807, 2.05) is 24.3 Å². The average molecular weight is 230 g/mol. The number of rotatable bonds is 4. The molecule has 0 bridgehead atoms. The number of ether oxygens (including phenoxy) is 1. The van der Waals surface area contributed by atoms with Gasteiger partial charge in [-0.25, -0.2) is 0 Å². The van der Waals surface area contributed by atoms with Crippen molar-refractivity contribution in [2.45, 2.75) is 6.54 Å². The van der Waals surface area contributed by atoms with Gasteiger partial charge >= 0.3 is 0 Å². The van der Waals surface area contributed by atoms with Gasteiger partial charge < -0.3 is 9.26 Å². The summed E-state index contributed by atoms with van der Waals surface area (Å²) in [6.07, 6.45) is 0. The molecule has 2 aromatic rings. The van der Waals surface area contributed by atoms with Crippen LogP contribution in [0.15, 0.2) is 40.0 Å². The third-order valence-electron chi connectivity index (χ3n) is 2.23. The lowest BCUT2D eigenvalue weighted by atomic mass is 10.1. The fourth-order valence-corrected chi connectivity index (χ4v) is 1.39. The first-order valence-corrected chi connectivity index (χ1v) is 4.94. The van der Waals surface area contributed by atoms with Crippen LogP contribution in [-0.2, 0) is 6.54 Å². The van der Waals surface area contributed by atoms with Gasteiger partial charge in [0.1, 0.15) is 17.2 Å². The summed E-state index contributed by atoms with van der Waals surface area (Å²) in [6, 6.07) is 9.20. The van der Waals surface area contributed by atoms with Crippen molar-refractivity contribution >= 4 is 0 Å². The van der Waals surface area contributed by atoms with E-state index in [1.165, 1.54) is 0 Å². The predicted molar refractivity (Wildman–Crippen MR) is 61.3 cm³/mol. The van der Waals surface area contributed by atoms with Gasteiger partial charge in [-0.1, -0.05) is 10.3 Å². The van der Waals surface area contributed by atoms with Crippen LogP contribution in [0.5, 0.6) is 5.75 Å². The number of azide groups is 1. The monoisotopic (exact) mass is 230 g/mol. The van der Waals surface area contributed by atoms with Crippen molar-refractivity contribution < 1.29 is 9.26 Å². The zero-order chi connectivity index (χ0) is 12.1. The van der Waals surface area contributed by atoms with E-state index in [0.29, 0.717) is 11.5 Å². The number of methoxy groups -OCH3 is 1. The predicted octanol–water partition coefficient (Wildman–Crippen LogP) is 3.16. The van der Waals surface area contributed by atoms with Crippen molar-refractivity contribution in [2.75, 3.05) is 7.11 Å². The van der Waals surface area contributed by atoms with Crippen molar-refractivity contribution in [2.24, 2.45) is 5.11 Å². The maximum absolute atomic E-state index is 8.19. The SMILES string of the molecule is COc1ccc(-c2cc(CN=[N+]=[N-])on2)cc1. The Bertz CT molecular complexity index is 541. The van der Waals surface area contributed by atoms with Crippen LogP contribution in [0, 0.1) is 0 Å². The Hall–Kier alpha value is -2.46. The molecule has 0 spiro atoms. The molecule has 0 fully saturated rings. The van der Waals surface area contributed by atoms with Crippen LogP contribution >= 0.6 is 0 Å². The molecular formula is C11H10N4O2. The number of benzene rings is 1. The topological polar surface area (TPSA) is 84.0 Å². The third-order valence-corrected chi connectivity index (χ3v) is 2.23. The minimum Gasteiger partial charge on any atom is -0.497 e. The highest BCUT2D eigenvalue weighted by Crippen LogP contribution is 2.22. The highest BCUT2D eigenvalue weighted by atomic mass is 16.5. The molecule has 0 aliphatic carbocycles. The Labute approximate surface area is 97.4 Å². The van der Waals surface area contributed by atoms with E-state index < -0.39 is 0 Å². The van der Waals surface area contributed by atoms with Crippen molar-refractivity contribution in [1.82, 2.24) is 5.16 Å². The van der Waals surface area contributed by atoms with Gasteiger partial charge in [-0.2, -0.15) is 0 Å². The lowest BCUT2D eigenvalue weighted by molar-refractivity contribution is 0.387. The summed E-state index contributed by atoms with van der Waals surface area (Å²) in [5.74, 6) is 1.32. The lowest BCUT2D eigenvalue weighted by Crippen LogP contribution is -1.82. The van der Waals surface area contributed by atoms with Crippen molar-refractivity contribution in [3.63, 3.8) is 0 Å². The molecule has 0 radical (unpaired) electrons. The summed E-state index contributed by atoms with van der Waals surface area (Å²) < 4.78 is 10.1. The molecule has 1 heterocycles. The van der Waals surface area contributed by atoms with Gasteiger partial charge in [0.25, 0.3) is 0 Å². The minimum atomic E-state index is 0.166. The second-order valence-corrected chi connectivity index (χ2v) is 3.30. The second kappa shape index (κ2) is 5.05. The largest absolute Gasteiger partial charge is 0.497 e. The molecule has 17 heavy (non-hydrogen) atoms. The molecule has 0 atom stereocenters. The highest BCUT2D eigenvalue weighted by molar-refractivity contribution is 5.59. The van der Waals surface area contributed by atoms with E-state index in [2.05, 4.69) is 15.2 Å². The Morgan fingerprint density at radius 1 is 1.41 bits per heavy atom. The van der Waals surface area contributed by atoms with Gasteiger partial charge in [-0.05, 0) is 29.8 Å². The molecular weight excluding hydrogens is 220 g/mol. The van der Waals surface area contributed by atoms with Crippen LogP contribution in [0.4, 0.5) is 0 Å². The average Bonchev–Trinajstić information content (AvgIpc) is 2.85. The minimum absolute atomic E-state index is 0.166. The van der Waals surface area contributed by atoms with E-state index in [1.54, 1.807) is 13.2 Å². The van der Waals surface area contributed by atoms with Crippen LogP contribution < -0.4 is 4.74 Å². The maximum Gasteiger partial charge on any atom is 0.143 e. The van der Waals surface area contributed by atoms with Crippen molar-refractivity contribution in [1.29, 1.82) is 0 Å². The zero-order valence-corrected chi connectivity index (χ0v) is 9.20. The standard InChI is InChI=1S/C11H10N4O2/c1-16-9-4-2-8(3-5-9)11-6-10(17-14-11)7-13-15-12/h2-6H,7H2,1H3. The first-order valence-electron chi connectivity index (χ1n) is 4.94. The molecule has 86 valence electrons. The van der Waals surface area contributed by atoms with E-state index in [4.69, 9.17) is 14.8 Å². The van der Waals surface area contributed by atoms with Crippen LogP contribution in [0.1, 0.15) is 5.76 Å². The lowest BCUT2D eigenvalue weighted by Gasteiger charge is -1.99. The zero-order valence-electron chi connectivity index (χ0n) is 9.20. The van der Waals surface area contributed by atoms with Gasteiger partial charge in [-0.3, -0.25) is 0 Å². The molecule has 0 saturated carbocycles. The molecule has 0 N–H and O–H groups in total. The fraction of sp³-hybridized carbons (Fsp3) is 0.182. The molecule has 2 rings (SSSR count). The number of nitrogens with zero attached hydrogens (tertiary/aromatic N) is 4. The summed E-state index contributed by atoms with van der Waals surface area (Å²) in [7, 11) is 1.61. The van der Waals surface area contributed by atoms with Crippen LogP contribution in [-0.4, -0.2) is 12.3 Å². The quantitative estimate of drug-likeness (QED) is 0.459. The summed E-state index contributed by atoms with van der Waals surface area (Å²) >= 11 is 0. The van der Waals surface area contributed by atoms with Crippen molar-refractivity contribution in [3.8, 4) is 17.0 Å². The first kappa shape index (κ1) is 11.0. The summed E-state index contributed by atoms with van der Waals surface area (Å²) in [6.45, 7) is 0.166. The van der Waals surface area contributed by atoms with Gasteiger partial charge in [0.2, 0.25) is 0 Å². The summed E-state index contributed by atoms with van der Waals surface area (Å²) in [5.41, 5.74) is 9.81. The Kier molecular flexibility index (Phi) is 3.28. The van der Waals surface area contributed by atoms with Gasteiger partial charge in [-0.15, -0.1) is 0 Å². The fourth-order valence-electron chi connectivity index (χ4n) is 1.39. The Morgan fingerprint density at radius 3 is 2.82 bits per heavy atom. The summed E-state index contributed by atoms with van der Waals surface area (Å²) in [4.78, 5) is 2.66. The number of hydrogen-bond donors (Lipinski definition) is 0. The molecule has 0 aliphatic heterocycles. The second-order valence-electron chi connectivity index (χ2n) is 3.30. The Balaban J connectivity index is 2.20. The van der Waals surface area contributed by atoms with Gasteiger partial charge in [0.15, 0.2) is 0 Å². The summed E-state index contributed by atoms with van der Waals surface area (Å²) in [5, 5.41) is 7.30. The number of aromatic nitrogens is 1. The van der Waals surface area contributed by atoms with E-state index in [0.717, 1.165) is 11.3 Å². The molecule has 1 aromatic heterocycles. The Morgan fingerprint density at radius 2 is 2.18 bits per heavy atom. The molecule has 6 heteroatoms. The van der Waals surface area contributed by atoms with Crippen LogP contribution in [0.25, 0.3) is 21.7 Å². The molecule has 0 amide bonds. The van der Waals surface area contributed by atoms with E-state index in [9.17, 15) is 0 Å². The van der Waals surface area contributed by atoms with Gasteiger partial charge in [0.05, 0.1) is 13.7 Å². The highest BCUT2D eigenvalue weighted by Gasteiger charge is 2.05.